The first kappa shape index (κ1) is 13.2. The van der Waals surface area contributed by atoms with Crippen LogP contribution in [0.2, 0.25) is 0 Å². The van der Waals surface area contributed by atoms with E-state index in [1.165, 1.54) is 22.0 Å². The van der Waals surface area contributed by atoms with Crippen molar-refractivity contribution in [2.75, 3.05) is 50.1 Å². The van der Waals surface area contributed by atoms with Gasteiger partial charge in [0.25, 0.3) is 0 Å². The Bertz CT molecular complexity index is 615. The van der Waals surface area contributed by atoms with Gasteiger partial charge < -0.3 is 15.1 Å². The monoisotopic (exact) mass is 270 g/mol. The molecule has 1 aromatic heterocycles. The highest BCUT2D eigenvalue weighted by atomic mass is 15.2. The summed E-state index contributed by atoms with van der Waals surface area (Å²) in [5.41, 5.74) is 2.59. The number of rotatable bonds is 2. The van der Waals surface area contributed by atoms with Crippen LogP contribution in [-0.2, 0) is 0 Å². The van der Waals surface area contributed by atoms with E-state index < -0.39 is 0 Å². The van der Waals surface area contributed by atoms with Gasteiger partial charge in [-0.2, -0.15) is 0 Å². The average Bonchev–Trinajstić information content (AvgIpc) is 2.47. The Balaban J connectivity index is 2.20. The quantitative estimate of drug-likeness (QED) is 0.904. The van der Waals surface area contributed by atoms with Crippen LogP contribution in [0.3, 0.4) is 0 Å². The molecule has 0 unspecified atom stereocenters. The minimum absolute atomic E-state index is 1.04. The Kier molecular flexibility index (Phi) is 3.49. The zero-order valence-corrected chi connectivity index (χ0v) is 12.5. The molecule has 1 fully saturated rings. The van der Waals surface area contributed by atoms with E-state index in [0.717, 1.165) is 32.0 Å². The highest BCUT2D eigenvalue weighted by Gasteiger charge is 2.17. The van der Waals surface area contributed by atoms with Gasteiger partial charge in [0.05, 0.1) is 11.9 Å². The van der Waals surface area contributed by atoms with Gasteiger partial charge in [-0.25, -0.2) is 4.98 Å². The van der Waals surface area contributed by atoms with Crippen LogP contribution in [-0.4, -0.2) is 45.3 Å². The molecule has 0 radical (unpaired) electrons. The number of benzene rings is 1. The minimum atomic E-state index is 1.04. The molecule has 0 amide bonds. The molecule has 0 spiro atoms. The Morgan fingerprint density at radius 1 is 1.20 bits per heavy atom. The molecule has 1 N–H and O–H groups in total. The van der Waals surface area contributed by atoms with E-state index in [9.17, 15) is 0 Å². The molecule has 20 heavy (non-hydrogen) atoms. The van der Waals surface area contributed by atoms with Crippen molar-refractivity contribution in [2.45, 2.75) is 6.92 Å². The standard InChI is InChI=1S/C16H22N4/c1-12-5-4-6-13-15(12)14(11-18-16(13)19(2)3)20-9-7-17-8-10-20/h4-6,11,17H,7-10H2,1-3H3. The highest BCUT2D eigenvalue weighted by Crippen LogP contribution is 2.33. The molecule has 106 valence electrons. The lowest BCUT2D eigenvalue weighted by Gasteiger charge is -2.31. The molecule has 1 saturated heterocycles. The Morgan fingerprint density at radius 2 is 1.95 bits per heavy atom. The minimum Gasteiger partial charge on any atom is -0.367 e. The number of nitrogens with one attached hydrogen (secondary N) is 1. The zero-order valence-electron chi connectivity index (χ0n) is 12.5. The average molecular weight is 270 g/mol. The van der Waals surface area contributed by atoms with Crippen LogP contribution >= 0.6 is 0 Å². The number of anilines is 2. The van der Waals surface area contributed by atoms with Gasteiger partial charge in [0.15, 0.2) is 0 Å². The van der Waals surface area contributed by atoms with E-state index in [4.69, 9.17) is 0 Å². The molecule has 0 saturated carbocycles. The number of piperazine rings is 1. The number of nitrogens with zero attached hydrogens (tertiary/aromatic N) is 3. The van der Waals surface area contributed by atoms with E-state index in [-0.39, 0.29) is 0 Å². The third kappa shape index (κ3) is 2.20. The van der Waals surface area contributed by atoms with Crippen molar-refractivity contribution in [3.05, 3.63) is 30.0 Å². The molecule has 0 bridgehead atoms. The molecule has 4 nitrogen and oxygen atoms in total. The maximum absolute atomic E-state index is 4.69. The van der Waals surface area contributed by atoms with Gasteiger partial charge in [-0.1, -0.05) is 18.2 Å². The maximum Gasteiger partial charge on any atom is 0.136 e. The molecule has 1 aromatic carbocycles. The molecule has 1 aliphatic heterocycles. The number of aromatic nitrogens is 1. The van der Waals surface area contributed by atoms with Crippen LogP contribution in [0.25, 0.3) is 10.8 Å². The maximum atomic E-state index is 4.69. The second kappa shape index (κ2) is 5.29. The third-order valence-corrected chi connectivity index (χ3v) is 3.96. The fourth-order valence-electron chi connectivity index (χ4n) is 2.95. The summed E-state index contributed by atoms with van der Waals surface area (Å²) in [6.07, 6.45) is 2.04. The predicted octanol–water partition coefficient (Wildman–Crippen LogP) is 2.02. The van der Waals surface area contributed by atoms with Crippen molar-refractivity contribution in [2.24, 2.45) is 0 Å². The Hall–Kier alpha value is -1.81. The van der Waals surface area contributed by atoms with Crippen molar-refractivity contribution in [1.29, 1.82) is 0 Å². The number of aryl methyl sites for hydroxylation is 1. The fraction of sp³-hybridized carbons (Fsp3) is 0.438. The normalized spacial score (nSPS) is 15.7. The number of hydrogen-bond acceptors (Lipinski definition) is 4. The largest absolute Gasteiger partial charge is 0.367 e. The second-order valence-electron chi connectivity index (χ2n) is 5.60. The fourth-order valence-corrected chi connectivity index (χ4v) is 2.95. The van der Waals surface area contributed by atoms with Gasteiger partial charge in [0, 0.05) is 51.0 Å². The van der Waals surface area contributed by atoms with Crippen LogP contribution in [0.4, 0.5) is 11.5 Å². The van der Waals surface area contributed by atoms with Gasteiger partial charge in [-0.15, -0.1) is 0 Å². The van der Waals surface area contributed by atoms with Gasteiger partial charge in [0.2, 0.25) is 0 Å². The van der Waals surface area contributed by atoms with E-state index in [1.807, 2.05) is 6.20 Å². The summed E-state index contributed by atoms with van der Waals surface area (Å²) in [5, 5.41) is 5.99. The summed E-state index contributed by atoms with van der Waals surface area (Å²) >= 11 is 0. The van der Waals surface area contributed by atoms with Crippen molar-refractivity contribution in [1.82, 2.24) is 10.3 Å². The first-order chi connectivity index (χ1) is 9.68. The summed E-state index contributed by atoms with van der Waals surface area (Å²) < 4.78 is 0. The molecule has 0 atom stereocenters. The first-order valence-corrected chi connectivity index (χ1v) is 7.20. The molecule has 2 heterocycles. The van der Waals surface area contributed by atoms with Gasteiger partial charge in [-0.3, -0.25) is 0 Å². The summed E-state index contributed by atoms with van der Waals surface area (Å²) in [4.78, 5) is 9.22. The van der Waals surface area contributed by atoms with Crippen LogP contribution < -0.4 is 15.1 Å². The van der Waals surface area contributed by atoms with Gasteiger partial charge >= 0.3 is 0 Å². The summed E-state index contributed by atoms with van der Waals surface area (Å²) in [6, 6.07) is 6.48. The first-order valence-electron chi connectivity index (χ1n) is 7.20. The van der Waals surface area contributed by atoms with Gasteiger partial charge in [0.1, 0.15) is 5.82 Å². The molecule has 4 heteroatoms. The molecule has 2 aromatic rings. The van der Waals surface area contributed by atoms with E-state index in [2.05, 4.69) is 59.3 Å². The van der Waals surface area contributed by atoms with Crippen molar-refractivity contribution < 1.29 is 0 Å². The smallest absolute Gasteiger partial charge is 0.136 e. The number of pyridine rings is 1. The van der Waals surface area contributed by atoms with Crippen molar-refractivity contribution in [3.63, 3.8) is 0 Å². The lowest BCUT2D eigenvalue weighted by molar-refractivity contribution is 0.590. The van der Waals surface area contributed by atoms with Crippen LogP contribution in [0.1, 0.15) is 5.56 Å². The van der Waals surface area contributed by atoms with Crippen LogP contribution in [0, 0.1) is 6.92 Å². The molecule has 0 aliphatic carbocycles. The van der Waals surface area contributed by atoms with Crippen molar-refractivity contribution >= 4 is 22.3 Å². The summed E-state index contributed by atoms with van der Waals surface area (Å²) in [5.74, 6) is 1.04. The second-order valence-corrected chi connectivity index (χ2v) is 5.60. The third-order valence-electron chi connectivity index (χ3n) is 3.96. The van der Waals surface area contributed by atoms with E-state index in [1.54, 1.807) is 0 Å². The molecular formula is C16H22N4. The van der Waals surface area contributed by atoms with Crippen molar-refractivity contribution in [3.8, 4) is 0 Å². The Labute approximate surface area is 120 Å². The predicted molar refractivity (Wildman–Crippen MR) is 85.9 cm³/mol. The molecule has 1 aliphatic rings. The molecule has 3 rings (SSSR count). The Morgan fingerprint density at radius 3 is 2.65 bits per heavy atom. The molecular weight excluding hydrogens is 248 g/mol. The summed E-state index contributed by atoms with van der Waals surface area (Å²) in [6.45, 7) is 6.37. The SMILES string of the molecule is Cc1cccc2c(N(C)C)ncc(N3CCNCC3)c12. The van der Waals surface area contributed by atoms with Gasteiger partial charge in [-0.05, 0) is 12.5 Å². The van der Waals surface area contributed by atoms with Crippen LogP contribution in [0.15, 0.2) is 24.4 Å². The topological polar surface area (TPSA) is 31.4 Å². The van der Waals surface area contributed by atoms with Crippen LogP contribution in [0.5, 0.6) is 0 Å². The van der Waals surface area contributed by atoms with E-state index in [0.29, 0.717) is 0 Å². The summed E-state index contributed by atoms with van der Waals surface area (Å²) in [7, 11) is 4.10. The highest BCUT2D eigenvalue weighted by molar-refractivity contribution is 6.02. The number of fused-ring (bicyclic) bond motifs is 1. The van der Waals surface area contributed by atoms with E-state index >= 15 is 0 Å². The lowest BCUT2D eigenvalue weighted by atomic mass is 10.0. The number of hydrogen-bond donors (Lipinski definition) is 1. The lowest BCUT2D eigenvalue weighted by Crippen LogP contribution is -2.43. The zero-order chi connectivity index (χ0) is 14.1.